The highest BCUT2D eigenvalue weighted by atomic mass is 16.3. The summed E-state index contributed by atoms with van der Waals surface area (Å²) in [6, 6.07) is 0. The number of hydrogen-bond donors (Lipinski definition) is 3. The smallest absolute Gasteiger partial charge is 0.0636 e. The zero-order valence-corrected chi connectivity index (χ0v) is 9.29. The van der Waals surface area contributed by atoms with Crippen molar-refractivity contribution in [2.45, 2.75) is 51.2 Å². The van der Waals surface area contributed by atoms with Crippen LogP contribution in [0, 0.1) is 5.92 Å². The van der Waals surface area contributed by atoms with Gasteiger partial charge < -0.3 is 15.5 Å². The van der Waals surface area contributed by atoms with E-state index in [0.29, 0.717) is 12.5 Å². The van der Waals surface area contributed by atoms with Gasteiger partial charge in [-0.05, 0) is 25.7 Å². The van der Waals surface area contributed by atoms with Gasteiger partial charge in [-0.3, -0.25) is 0 Å². The van der Waals surface area contributed by atoms with Gasteiger partial charge in [0.1, 0.15) is 0 Å². The lowest BCUT2D eigenvalue weighted by atomic mass is 9.77. The van der Waals surface area contributed by atoms with E-state index in [4.69, 9.17) is 0 Å². The molecule has 14 heavy (non-hydrogen) atoms. The second kappa shape index (κ2) is 5.10. The van der Waals surface area contributed by atoms with Crippen LogP contribution in [0.25, 0.3) is 0 Å². The van der Waals surface area contributed by atoms with Crippen molar-refractivity contribution in [1.82, 2.24) is 5.32 Å². The zero-order chi connectivity index (χ0) is 10.6. The Labute approximate surface area is 86.5 Å². The molecule has 0 saturated heterocycles. The highest BCUT2D eigenvalue weighted by Gasteiger charge is 2.33. The molecule has 1 rings (SSSR count). The summed E-state index contributed by atoms with van der Waals surface area (Å²) in [7, 11) is 0. The molecule has 0 heterocycles. The van der Waals surface area contributed by atoms with E-state index in [1.165, 1.54) is 12.8 Å². The third-order valence-electron chi connectivity index (χ3n) is 3.17. The molecular weight excluding hydrogens is 178 g/mol. The minimum absolute atomic E-state index is 0.130. The quantitative estimate of drug-likeness (QED) is 0.633. The molecule has 0 aromatic heterocycles. The van der Waals surface area contributed by atoms with Gasteiger partial charge in [0.15, 0.2) is 0 Å². The summed E-state index contributed by atoms with van der Waals surface area (Å²) in [5.74, 6) is 0.678. The molecule has 3 atom stereocenters. The van der Waals surface area contributed by atoms with Crippen molar-refractivity contribution in [2.75, 3.05) is 13.2 Å². The summed E-state index contributed by atoms with van der Waals surface area (Å²) in [5.41, 5.74) is -0.130. The Morgan fingerprint density at radius 1 is 1.57 bits per heavy atom. The van der Waals surface area contributed by atoms with Crippen LogP contribution in [0.3, 0.4) is 0 Å². The average molecular weight is 201 g/mol. The minimum atomic E-state index is -0.337. The lowest BCUT2D eigenvalue weighted by Crippen LogP contribution is -2.53. The van der Waals surface area contributed by atoms with E-state index in [9.17, 15) is 10.2 Å². The van der Waals surface area contributed by atoms with Crippen molar-refractivity contribution in [3.63, 3.8) is 0 Å². The molecule has 3 nitrogen and oxygen atoms in total. The molecule has 0 aromatic rings. The van der Waals surface area contributed by atoms with Crippen LogP contribution < -0.4 is 5.32 Å². The van der Waals surface area contributed by atoms with Crippen LogP contribution in [-0.4, -0.2) is 35.0 Å². The number of rotatable bonds is 4. The second-order valence-electron chi connectivity index (χ2n) is 4.87. The summed E-state index contributed by atoms with van der Waals surface area (Å²) in [5, 5.41) is 22.0. The molecule has 2 unspecified atom stereocenters. The fourth-order valence-corrected chi connectivity index (χ4v) is 2.38. The van der Waals surface area contributed by atoms with E-state index in [1.807, 2.05) is 0 Å². The van der Waals surface area contributed by atoms with Crippen molar-refractivity contribution < 1.29 is 10.2 Å². The normalized spacial score (nSPS) is 35.6. The van der Waals surface area contributed by atoms with Crippen LogP contribution in [0.5, 0.6) is 0 Å². The molecular formula is C11H23NO2. The Morgan fingerprint density at radius 2 is 2.29 bits per heavy atom. The number of aliphatic hydroxyl groups excluding tert-OH is 2. The fraction of sp³-hybridized carbons (Fsp3) is 1.00. The van der Waals surface area contributed by atoms with Gasteiger partial charge in [0.25, 0.3) is 0 Å². The first kappa shape index (κ1) is 12.0. The molecule has 0 radical (unpaired) electrons. The van der Waals surface area contributed by atoms with Crippen LogP contribution in [0.2, 0.25) is 0 Å². The Morgan fingerprint density at radius 3 is 2.79 bits per heavy atom. The monoisotopic (exact) mass is 201 g/mol. The number of nitrogens with one attached hydrogen (secondary N) is 1. The number of β-amino-alcohol motifs (C(OH)–C–C–N with tert-alkyl or cyclic N) is 1. The van der Waals surface area contributed by atoms with Crippen molar-refractivity contribution >= 4 is 0 Å². The van der Waals surface area contributed by atoms with Crippen LogP contribution in [0.15, 0.2) is 0 Å². The summed E-state index contributed by atoms with van der Waals surface area (Å²) in [6.07, 6.45) is 4.15. The highest BCUT2D eigenvalue weighted by Crippen LogP contribution is 2.31. The molecule has 3 heteroatoms. The Hall–Kier alpha value is -0.120. The fourth-order valence-electron chi connectivity index (χ4n) is 2.38. The zero-order valence-electron chi connectivity index (χ0n) is 9.29. The molecule has 1 aliphatic rings. The first-order valence-corrected chi connectivity index (χ1v) is 5.62. The van der Waals surface area contributed by atoms with Crippen LogP contribution in [0.4, 0.5) is 0 Å². The molecule has 1 aliphatic carbocycles. The van der Waals surface area contributed by atoms with Gasteiger partial charge in [0.05, 0.1) is 12.7 Å². The summed E-state index contributed by atoms with van der Waals surface area (Å²) in [4.78, 5) is 0. The summed E-state index contributed by atoms with van der Waals surface area (Å²) in [6.45, 7) is 4.76. The van der Waals surface area contributed by atoms with E-state index in [1.54, 1.807) is 6.92 Å². The van der Waals surface area contributed by atoms with E-state index in [2.05, 4.69) is 12.2 Å². The summed E-state index contributed by atoms with van der Waals surface area (Å²) < 4.78 is 0. The maximum absolute atomic E-state index is 9.43. The standard InChI is InChI=1S/C11H23NO2/c1-9-4-3-5-11(6-9,8-13)12-7-10(2)14/h9-10,12-14H,3-8H2,1-2H3/t9?,10-,11?/m1/s1. The Balaban J connectivity index is 2.47. The highest BCUT2D eigenvalue weighted by molar-refractivity contribution is 4.92. The van der Waals surface area contributed by atoms with Crippen molar-refractivity contribution in [2.24, 2.45) is 5.92 Å². The van der Waals surface area contributed by atoms with E-state index in [0.717, 1.165) is 12.8 Å². The lowest BCUT2D eigenvalue weighted by molar-refractivity contribution is 0.0827. The van der Waals surface area contributed by atoms with Gasteiger partial charge in [-0.25, -0.2) is 0 Å². The van der Waals surface area contributed by atoms with Crippen LogP contribution >= 0.6 is 0 Å². The number of aliphatic hydroxyl groups is 2. The summed E-state index contributed by atoms with van der Waals surface area (Å²) >= 11 is 0. The first-order valence-electron chi connectivity index (χ1n) is 5.62. The number of hydrogen-bond acceptors (Lipinski definition) is 3. The van der Waals surface area contributed by atoms with Gasteiger partial charge in [0, 0.05) is 12.1 Å². The van der Waals surface area contributed by atoms with Crippen LogP contribution in [0.1, 0.15) is 39.5 Å². The average Bonchev–Trinajstić information content (AvgIpc) is 2.15. The van der Waals surface area contributed by atoms with Crippen molar-refractivity contribution in [3.8, 4) is 0 Å². The second-order valence-corrected chi connectivity index (χ2v) is 4.87. The largest absolute Gasteiger partial charge is 0.394 e. The van der Waals surface area contributed by atoms with Gasteiger partial charge >= 0.3 is 0 Å². The van der Waals surface area contributed by atoms with Crippen molar-refractivity contribution in [1.29, 1.82) is 0 Å². The van der Waals surface area contributed by atoms with E-state index in [-0.39, 0.29) is 18.2 Å². The topological polar surface area (TPSA) is 52.5 Å². The molecule has 1 saturated carbocycles. The third-order valence-corrected chi connectivity index (χ3v) is 3.17. The molecule has 0 aliphatic heterocycles. The molecule has 0 bridgehead atoms. The van der Waals surface area contributed by atoms with Crippen LogP contribution in [-0.2, 0) is 0 Å². The predicted octanol–water partition coefficient (Wildman–Crippen LogP) is 0.898. The SMILES string of the molecule is CC1CCCC(CO)(NC[C@@H](C)O)C1. The molecule has 0 aromatic carbocycles. The Bertz CT molecular complexity index is 173. The molecule has 0 spiro atoms. The van der Waals surface area contributed by atoms with Gasteiger partial charge in [-0.1, -0.05) is 19.8 Å². The lowest BCUT2D eigenvalue weighted by Gasteiger charge is -2.40. The maximum Gasteiger partial charge on any atom is 0.0636 e. The molecule has 1 fully saturated rings. The van der Waals surface area contributed by atoms with Gasteiger partial charge in [-0.2, -0.15) is 0 Å². The van der Waals surface area contributed by atoms with E-state index >= 15 is 0 Å². The maximum atomic E-state index is 9.43. The predicted molar refractivity (Wildman–Crippen MR) is 57.1 cm³/mol. The minimum Gasteiger partial charge on any atom is -0.394 e. The molecule has 84 valence electrons. The van der Waals surface area contributed by atoms with E-state index < -0.39 is 0 Å². The third kappa shape index (κ3) is 3.23. The molecule has 3 N–H and O–H groups in total. The van der Waals surface area contributed by atoms with Gasteiger partial charge in [-0.15, -0.1) is 0 Å². The van der Waals surface area contributed by atoms with Gasteiger partial charge in [0.2, 0.25) is 0 Å². The first-order chi connectivity index (χ1) is 6.58. The Kier molecular flexibility index (Phi) is 4.35. The molecule has 0 amide bonds. The van der Waals surface area contributed by atoms with Crippen molar-refractivity contribution in [3.05, 3.63) is 0 Å².